The molecule has 0 bridgehead atoms. The first kappa shape index (κ1) is 28.1. The van der Waals surface area contributed by atoms with Crippen molar-refractivity contribution in [2.75, 3.05) is 5.75 Å². The average Bonchev–Trinajstić information content (AvgIpc) is 2.56. The zero-order valence-corrected chi connectivity index (χ0v) is 18.3. The Morgan fingerprint density at radius 2 is 0.731 bits per heavy atom. The maximum atomic E-state index is 10.6. The topological polar surface area (TPSA) is 89.4 Å². The van der Waals surface area contributed by atoms with Crippen molar-refractivity contribution in [3.8, 4) is 0 Å². The van der Waals surface area contributed by atoms with Crippen LogP contribution in [0, 0.1) is 0 Å². The number of hydrogen-bond acceptors (Lipinski definition) is 3. The molecule has 0 aliphatic carbocycles. The molecule has 0 aromatic heterocycles. The monoisotopic (exact) mass is 393 g/mol. The van der Waals surface area contributed by atoms with E-state index in [1.807, 2.05) is 0 Å². The smallest absolute Gasteiger partial charge is 0.264 e. The highest BCUT2D eigenvalue weighted by Crippen LogP contribution is 2.14. The molecular weight excluding hydrogens is 346 g/mol. The summed E-state index contributed by atoms with van der Waals surface area (Å²) < 4.78 is 29.8. The van der Waals surface area contributed by atoms with E-state index in [-0.39, 0.29) is 11.9 Å². The van der Waals surface area contributed by atoms with Crippen LogP contribution in [0.1, 0.15) is 129 Å². The van der Waals surface area contributed by atoms with Gasteiger partial charge in [-0.25, -0.2) is 0 Å². The largest absolute Gasteiger partial charge is 0.344 e. The summed E-state index contributed by atoms with van der Waals surface area (Å²) in [5.41, 5.74) is 0. The summed E-state index contributed by atoms with van der Waals surface area (Å²) in [5.74, 6) is -0.0775. The maximum absolute atomic E-state index is 10.6. The minimum Gasteiger partial charge on any atom is -0.344 e. The Bertz CT molecular complexity index is 358. The van der Waals surface area contributed by atoms with Crippen molar-refractivity contribution < 1.29 is 13.0 Å². The molecule has 160 valence electrons. The average molecular weight is 394 g/mol. The van der Waals surface area contributed by atoms with E-state index in [9.17, 15) is 8.42 Å². The van der Waals surface area contributed by atoms with Gasteiger partial charge >= 0.3 is 0 Å². The highest BCUT2D eigenvalue weighted by Gasteiger charge is 2.02. The van der Waals surface area contributed by atoms with Gasteiger partial charge in [-0.3, -0.25) is 4.55 Å². The van der Waals surface area contributed by atoms with Crippen LogP contribution in [0.2, 0.25) is 0 Å². The molecule has 5 heteroatoms. The van der Waals surface area contributed by atoms with E-state index in [2.05, 4.69) is 6.92 Å². The summed E-state index contributed by atoms with van der Waals surface area (Å²) in [4.78, 5) is 0. The maximum Gasteiger partial charge on any atom is 0.264 e. The summed E-state index contributed by atoms with van der Waals surface area (Å²) in [6.45, 7) is 2.27. The minimum atomic E-state index is -3.75. The van der Waals surface area contributed by atoms with Crippen molar-refractivity contribution >= 4 is 10.1 Å². The Morgan fingerprint density at radius 3 is 0.962 bits per heavy atom. The Morgan fingerprint density at radius 1 is 0.500 bits per heavy atom. The van der Waals surface area contributed by atoms with Crippen LogP contribution < -0.4 is 6.15 Å². The molecule has 0 atom stereocenters. The van der Waals surface area contributed by atoms with Gasteiger partial charge in [-0.05, 0) is 6.42 Å². The van der Waals surface area contributed by atoms with Crippen LogP contribution in [0.25, 0.3) is 0 Å². The Labute approximate surface area is 164 Å². The lowest BCUT2D eigenvalue weighted by atomic mass is 10.0. The van der Waals surface area contributed by atoms with E-state index < -0.39 is 10.1 Å². The van der Waals surface area contributed by atoms with Gasteiger partial charge in [-0.2, -0.15) is 8.42 Å². The van der Waals surface area contributed by atoms with Gasteiger partial charge in [0.05, 0.1) is 5.75 Å². The van der Waals surface area contributed by atoms with Gasteiger partial charge < -0.3 is 6.15 Å². The molecule has 26 heavy (non-hydrogen) atoms. The first-order chi connectivity index (χ1) is 12.1. The third-order valence-corrected chi connectivity index (χ3v) is 5.81. The summed E-state index contributed by atoms with van der Waals surface area (Å²) in [5, 5.41) is 0. The normalized spacial score (nSPS) is 11.5. The highest BCUT2D eigenvalue weighted by atomic mass is 32.2. The first-order valence-corrected chi connectivity index (χ1v) is 12.6. The molecule has 0 radical (unpaired) electrons. The second kappa shape index (κ2) is 21.2. The van der Waals surface area contributed by atoms with Gasteiger partial charge in [0.15, 0.2) is 0 Å². The number of unbranched alkanes of at least 4 members (excludes halogenated alkanes) is 18. The van der Waals surface area contributed by atoms with Gasteiger partial charge in [0, 0.05) is 0 Å². The van der Waals surface area contributed by atoms with Crippen LogP contribution in [-0.4, -0.2) is 18.7 Å². The molecular formula is C21H47NO3S. The van der Waals surface area contributed by atoms with E-state index in [1.165, 1.54) is 103 Å². The second-order valence-corrected chi connectivity index (χ2v) is 9.22. The van der Waals surface area contributed by atoms with Gasteiger partial charge in [-0.1, -0.05) is 122 Å². The lowest BCUT2D eigenvalue weighted by Crippen LogP contribution is -2.03. The third kappa shape index (κ3) is 26.1. The van der Waals surface area contributed by atoms with E-state index in [0.717, 1.165) is 12.8 Å². The van der Waals surface area contributed by atoms with Crippen LogP contribution in [0.5, 0.6) is 0 Å². The highest BCUT2D eigenvalue weighted by molar-refractivity contribution is 7.85. The SMILES string of the molecule is CCCCCCCCCCCCCCCCCCCCCS(=O)(=O)O.N. The Hall–Kier alpha value is -0.130. The van der Waals surface area contributed by atoms with E-state index in [1.54, 1.807) is 0 Å². The van der Waals surface area contributed by atoms with Crippen molar-refractivity contribution in [2.24, 2.45) is 0 Å². The van der Waals surface area contributed by atoms with Crippen molar-refractivity contribution in [3.63, 3.8) is 0 Å². The van der Waals surface area contributed by atoms with E-state index in [4.69, 9.17) is 4.55 Å². The predicted molar refractivity (Wildman–Crippen MR) is 115 cm³/mol. The molecule has 4 N–H and O–H groups in total. The van der Waals surface area contributed by atoms with E-state index in [0.29, 0.717) is 6.42 Å². The summed E-state index contributed by atoms with van der Waals surface area (Å²) in [6, 6.07) is 0. The number of hydrogen-bond donors (Lipinski definition) is 2. The van der Waals surface area contributed by atoms with Gasteiger partial charge in [0.2, 0.25) is 0 Å². The molecule has 0 saturated heterocycles. The predicted octanol–water partition coefficient (Wildman–Crippen LogP) is 7.47. The van der Waals surface area contributed by atoms with Gasteiger partial charge in [0.25, 0.3) is 10.1 Å². The Kier molecular flexibility index (Phi) is 22.9. The van der Waals surface area contributed by atoms with Crippen molar-refractivity contribution in [2.45, 2.75) is 129 Å². The van der Waals surface area contributed by atoms with Crippen molar-refractivity contribution in [1.82, 2.24) is 6.15 Å². The molecule has 0 rings (SSSR count). The zero-order valence-electron chi connectivity index (χ0n) is 17.5. The van der Waals surface area contributed by atoms with Crippen LogP contribution in [0.4, 0.5) is 0 Å². The summed E-state index contributed by atoms with van der Waals surface area (Å²) in [7, 11) is -3.75. The molecule has 0 aliphatic heterocycles. The molecule has 0 aliphatic rings. The van der Waals surface area contributed by atoms with Crippen LogP contribution >= 0.6 is 0 Å². The molecule has 0 heterocycles. The molecule has 0 unspecified atom stereocenters. The second-order valence-electron chi connectivity index (χ2n) is 7.65. The standard InChI is InChI=1S/C21H44O3S.H3N/c1-2-3-4-5-6-7-8-9-10-11-12-13-14-15-16-17-18-19-20-21-25(22,23)24;/h2-21H2,1H3,(H,22,23,24);1H3. The molecule has 0 saturated carbocycles. The molecule has 0 fully saturated rings. The fourth-order valence-corrected chi connectivity index (χ4v) is 3.93. The fraction of sp³-hybridized carbons (Fsp3) is 1.00. The fourth-order valence-electron chi connectivity index (χ4n) is 3.36. The molecule has 0 aromatic carbocycles. The lowest BCUT2D eigenvalue weighted by molar-refractivity contribution is 0.478. The van der Waals surface area contributed by atoms with Crippen molar-refractivity contribution in [3.05, 3.63) is 0 Å². The lowest BCUT2D eigenvalue weighted by Gasteiger charge is -2.04. The third-order valence-electron chi connectivity index (χ3n) is 5.01. The zero-order chi connectivity index (χ0) is 18.6. The first-order valence-electron chi connectivity index (χ1n) is 11.0. The minimum absolute atomic E-state index is 0. The quantitative estimate of drug-likeness (QED) is 0.166. The Balaban J connectivity index is 0. The van der Waals surface area contributed by atoms with Crippen LogP contribution in [-0.2, 0) is 10.1 Å². The molecule has 0 amide bonds. The van der Waals surface area contributed by atoms with Crippen LogP contribution in [0.3, 0.4) is 0 Å². The van der Waals surface area contributed by atoms with Gasteiger partial charge in [0.1, 0.15) is 0 Å². The van der Waals surface area contributed by atoms with Crippen molar-refractivity contribution in [1.29, 1.82) is 0 Å². The number of rotatable bonds is 20. The van der Waals surface area contributed by atoms with Gasteiger partial charge in [-0.15, -0.1) is 0 Å². The molecule has 0 spiro atoms. The van der Waals surface area contributed by atoms with Crippen LogP contribution in [0.15, 0.2) is 0 Å². The molecule has 0 aromatic rings. The summed E-state index contributed by atoms with van der Waals surface area (Å²) >= 11 is 0. The summed E-state index contributed by atoms with van der Waals surface area (Å²) in [6.07, 6.45) is 24.7. The van der Waals surface area contributed by atoms with E-state index >= 15 is 0 Å². The molecule has 4 nitrogen and oxygen atoms in total.